The molecule has 88 valence electrons. The van der Waals surface area contributed by atoms with E-state index in [9.17, 15) is 0 Å². The normalized spacial score (nSPS) is 15.3. The van der Waals surface area contributed by atoms with Gasteiger partial charge in [0.05, 0.1) is 0 Å². The molecular weight excluding hydrogens is 200 g/mol. The number of hydrogen-bond donors (Lipinski definition) is 1. The number of nitrogens with two attached hydrogens (primary N) is 1. The van der Waals surface area contributed by atoms with Crippen molar-refractivity contribution < 1.29 is 4.74 Å². The molecule has 0 spiro atoms. The smallest absolute Gasteiger partial charge is 0.0462 e. The Labute approximate surface area is 97.2 Å². The van der Waals surface area contributed by atoms with Gasteiger partial charge in [0.2, 0.25) is 0 Å². The Morgan fingerprint density at radius 3 is 2.88 bits per heavy atom. The molecule has 3 heteroatoms. The molecule has 16 heavy (non-hydrogen) atoms. The van der Waals surface area contributed by atoms with Gasteiger partial charge in [-0.25, -0.2) is 0 Å². The average molecular weight is 220 g/mol. The van der Waals surface area contributed by atoms with Crippen LogP contribution in [0.3, 0.4) is 0 Å². The van der Waals surface area contributed by atoms with Gasteiger partial charge in [0.15, 0.2) is 0 Å². The molecule has 0 fully saturated rings. The van der Waals surface area contributed by atoms with Crippen molar-refractivity contribution >= 4 is 5.69 Å². The van der Waals surface area contributed by atoms with Crippen LogP contribution in [0.15, 0.2) is 18.2 Å². The summed E-state index contributed by atoms with van der Waals surface area (Å²) in [5.74, 6) is 0. The van der Waals surface area contributed by atoms with Gasteiger partial charge in [-0.15, -0.1) is 0 Å². The first-order valence-electron chi connectivity index (χ1n) is 5.88. The molecule has 0 atom stereocenters. The third-order valence-corrected chi connectivity index (χ3v) is 3.09. The number of rotatable bonds is 5. The Hall–Kier alpha value is -1.06. The molecule has 0 saturated heterocycles. The van der Waals surface area contributed by atoms with Gasteiger partial charge >= 0.3 is 0 Å². The number of anilines is 1. The van der Waals surface area contributed by atoms with Crippen molar-refractivity contribution in [1.82, 2.24) is 4.90 Å². The number of fused-ring (bicyclic) bond motifs is 1. The van der Waals surface area contributed by atoms with E-state index in [1.54, 1.807) is 7.11 Å². The summed E-state index contributed by atoms with van der Waals surface area (Å²) in [4.78, 5) is 2.47. The number of benzene rings is 1. The van der Waals surface area contributed by atoms with E-state index in [1.165, 1.54) is 17.5 Å². The van der Waals surface area contributed by atoms with Crippen LogP contribution in [0.5, 0.6) is 0 Å². The molecule has 1 aromatic carbocycles. The molecule has 0 radical (unpaired) electrons. The van der Waals surface area contributed by atoms with Gasteiger partial charge in [0.25, 0.3) is 0 Å². The van der Waals surface area contributed by atoms with Crippen molar-refractivity contribution in [3.05, 3.63) is 29.3 Å². The number of hydrogen-bond acceptors (Lipinski definition) is 3. The quantitative estimate of drug-likeness (QED) is 0.609. The third kappa shape index (κ3) is 2.74. The second kappa shape index (κ2) is 5.32. The van der Waals surface area contributed by atoms with Crippen LogP contribution < -0.4 is 5.73 Å². The molecule has 0 aliphatic carbocycles. The van der Waals surface area contributed by atoms with Crippen molar-refractivity contribution in [2.24, 2.45) is 0 Å². The predicted molar refractivity (Wildman–Crippen MR) is 66.1 cm³/mol. The lowest BCUT2D eigenvalue weighted by Crippen LogP contribution is -2.17. The highest BCUT2D eigenvalue weighted by Gasteiger charge is 2.17. The molecule has 0 bridgehead atoms. The van der Waals surface area contributed by atoms with E-state index in [1.807, 2.05) is 6.07 Å². The minimum absolute atomic E-state index is 0.869. The fraction of sp³-hybridized carbons (Fsp3) is 0.538. The fourth-order valence-corrected chi connectivity index (χ4v) is 2.22. The maximum Gasteiger partial charge on any atom is 0.0462 e. The summed E-state index contributed by atoms with van der Waals surface area (Å²) in [5, 5.41) is 0. The average Bonchev–Trinajstić information content (AvgIpc) is 2.66. The molecule has 0 aromatic heterocycles. The Balaban J connectivity index is 1.81. The zero-order chi connectivity index (χ0) is 11.4. The minimum Gasteiger partial charge on any atom is -0.399 e. The van der Waals surface area contributed by atoms with E-state index >= 15 is 0 Å². The van der Waals surface area contributed by atoms with Crippen molar-refractivity contribution in [3.63, 3.8) is 0 Å². The highest BCUT2D eigenvalue weighted by Crippen LogP contribution is 2.24. The van der Waals surface area contributed by atoms with Crippen LogP contribution in [-0.2, 0) is 17.8 Å². The molecular formula is C13H20N2O. The summed E-state index contributed by atoms with van der Waals surface area (Å²) in [6.07, 6.45) is 2.35. The van der Waals surface area contributed by atoms with E-state index < -0.39 is 0 Å². The van der Waals surface area contributed by atoms with E-state index in [0.29, 0.717) is 0 Å². The SMILES string of the molecule is COCCCCN1Cc2ccc(N)cc2C1. The van der Waals surface area contributed by atoms with Crippen molar-refractivity contribution in [3.8, 4) is 0 Å². The Morgan fingerprint density at radius 2 is 2.06 bits per heavy atom. The molecule has 2 N–H and O–H groups in total. The third-order valence-electron chi connectivity index (χ3n) is 3.09. The highest BCUT2D eigenvalue weighted by molar-refractivity contribution is 5.46. The lowest BCUT2D eigenvalue weighted by Gasteiger charge is -2.13. The first-order valence-corrected chi connectivity index (χ1v) is 5.88. The van der Waals surface area contributed by atoms with Gasteiger partial charge in [0, 0.05) is 32.5 Å². The first kappa shape index (κ1) is 11.4. The lowest BCUT2D eigenvalue weighted by molar-refractivity contribution is 0.184. The Bertz CT molecular complexity index is 352. The summed E-state index contributed by atoms with van der Waals surface area (Å²) >= 11 is 0. The maximum atomic E-state index is 5.78. The number of nitrogens with zero attached hydrogens (tertiary/aromatic N) is 1. The molecule has 0 unspecified atom stereocenters. The Kier molecular flexibility index (Phi) is 3.80. The lowest BCUT2D eigenvalue weighted by atomic mass is 10.1. The van der Waals surface area contributed by atoms with Crippen LogP contribution in [0.2, 0.25) is 0 Å². The minimum atomic E-state index is 0.869. The van der Waals surface area contributed by atoms with Crippen molar-refractivity contribution in [1.29, 1.82) is 0 Å². The first-order chi connectivity index (χ1) is 7.79. The van der Waals surface area contributed by atoms with Gasteiger partial charge in [0.1, 0.15) is 0 Å². The van der Waals surface area contributed by atoms with Crippen LogP contribution >= 0.6 is 0 Å². The van der Waals surface area contributed by atoms with Crippen LogP contribution in [0.4, 0.5) is 5.69 Å². The van der Waals surface area contributed by atoms with Gasteiger partial charge in [-0.1, -0.05) is 6.07 Å². The van der Waals surface area contributed by atoms with E-state index in [0.717, 1.165) is 38.3 Å². The molecule has 1 aliphatic rings. The molecule has 2 rings (SSSR count). The van der Waals surface area contributed by atoms with Gasteiger partial charge in [-0.2, -0.15) is 0 Å². The van der Waals surface area contributed by atoms with Gasteiger partial charge < -0.3 is 10.5 Å². The molecule has 0 saturated carbocycles. The molecule has 1 aromatic rings. The summed E-state index contributed by atoms with van der Waals surface area (Å²) in [6, 6.07) is 6.25. The van der Waals surface area contributed by atoms with Gasteiger partial charge in [-0.05, 0) is 42.6 Å². The predicted octanol–water partition coefficient (Wildman–Crippen LogP) is 2.01. The second-order valence-electron chi connectivity index (χ2n) is 4.44. The van der Waals surface area contributed by atoms with Crippen LogP contribution in [-0.4, -0.2) is 25.2 Å². The molecule has 0 amide bonds. The summed E-state index contributed by atoms with van der Waals surface area (Å²) in [6.45, 7) is 4.14. The van der Waals surface area contributed by atoms with E-state index in [-0.39, 0.29) is 0 Å². The topological polar surface area (TPSA) is 38.5 Å². The second-order valence-corrected chi connectivity index (χ2v) is 4.44. The Morgan fingerprint density at radius 1 is 1.25 bits per heavy atom. The largest absolute Gasteiger partial charge is 0.399 e. The van der Waals surface area contributed by atoms with Crippen LogP contribution in [0, 0.1) is 0 Å². The zero-order valence-corrected chi connectivity index (χ0v) is 9.91. The van der Waals surface area contributed by atoms with E-state index in [4.69, 9.17) is 10.5 Å². The monoisotopic (exact) mass is 220 g/mol. The number of nitrogen functional groups attached to an aromatic ring is 1. The summed E-state index contributed by atoms with van der Waals surface area (Å²) < 4.78 is 5.05. The molecule has 1 aliphatic heterocycles. The van der Waals surface area contributed by atoms with Crippen molar-refractivity contribution in [2.75, 3.05) is 26.0 Å². The van der Waals surface area contributed by atoms with Crippen molar-refractivity contribution in [2.45, 2.75) is 25.9 Å². The number of methoxy groups -OCH3 is 1. The fourth-order valence-electron chi connectivity index (χ4n) is 2.22. The summed E-state index contributed by atoms with van der Waals surface area (Å²) in [7, 11) is 1.76. The zero-order valence-electron chi connectivity index (χ0n) is 9.91. The van der Waals surface area contributed by atoms with Crippen LogP contribution in [0.1, 0.15) is 24.0 Å². The highest BCUT2D eigenvalue weighted by atomic mass is 16.5. The maximum absolute atomic E-state index is 5.78. The number of unbranched alkanes of at least 4 members (excludes halogenated alkanes) is 1. The standard InChI is InChI=1S/C13H20N2O/c1-16-7-3-2-6-15-9-11-4-5-13(14)8-12(11)10-15/h4-5,8H,2-3,6-7,9-10,14H2,1H3. The van der Waals surface area contributed by atoms with Crippen LogP contribution in [0.25, 0.3) is 0 Å². The van der Waals surface area contributed by atoms with Gasteiger partial charge in [-0.3, -0.25) is 4.90 Å². The molecule has 1 heterocycles. The summed E-state index contributed by atoms with van der Waals surface area (Å²) in [5.41, 5.74) is 9.48. The van der Waals surface area contributed by atoms with E-state index in [2.05, 4.69) is 17.0 Å². The number of ether oxygens (including phenoxy) is 1. The molecule has 3 nitrogen and oxygen atoms in total.